The molecule has 1 atom stereocenters. The van der Waals surface area contributed by atoms with Crippen molar-refractivity contribution in [1.82, 2.24) is 0 Å². The molecule has 0 N–H and O–H groups in total. The van der Waals surface area contributed by atoms with Crippen LogP contribution >= 0.6 is 0 Å². The average Bonchev–Trinajstić information content (AvgIpc) is 2.23. The van der Waals surface area contributed by atoms with E-state index in [4.69, 9.17) is 0 Å². The molecular formula is C12H15NO. The fourth-order valence-electron chi connectivity index (χ4n) is 2.05. The highest BCUT2D eigenvalue weighted by Gasteiger charge is 2.19. The number of rotatable bonds is 1. The average molecular weight is 189 g/mol. The molecule has 0 amide bonds. The first kappa shape index (κ1) is 9.25. The van der Waals surface area contributed by atoms with Crippen molar-refractivity contribution in [1.29, 1.82) is 0 Å². The minimum absolute atomic E-state index is 0.570. The van der Waals surface area contributed by atoms with E-state index in [2.05, 4.69) is 24.9 Å². The van der Waals surface area contributed by atoms with Crippen LogP contribution in [0.3, 0.4) is 0 Å². The normalized spacial score (nSPS) is 20.4. The molecule has 0 spiro atoms. The fraction of sp³-hybridized carbons (Fsp3) is 0.417. The highest BCUT2D eigenvalue weighted by atomic mass is 16.1. The SMILES string of the molecule is CC1CCN(C)c2ccc(C=O)cc21. The zero-order valence-electron chi connectivity index (χ0n) is 8.66. The van der Waals surface area contributed by atoms with E-state index in [0.29, 0.717) is 5.92 Å². The number of benzene rings is 1. The van der Waals surface area contributed by atoms with Gasteiger partial charge in [0, 0.05) is 24.8 Å². The Morgan fingerprint density at radius 1 is 1.50 bits per heavy atom. The van der Waals surface area contributed by atoms with Gasteiger partial charge in [-0.2, -0.15) is 0 Å². The predicted molar refractivity (Wildman–Crippen MR) is 58.1 cm³/mol. The van der Waals surface area contributed by atoms with Gasteiger partial charge in [-0.3, -0.25) is 4.79 Å². The maximum atomic E-state index is 10.7. The lowest BCUT2D eigenvalue weighted by molar-refractivity contribution is 0.112. The molecule has 0 saturated carbocycles. The zero-order chi connectivity index (χ0) is 10.1. The summed E-state index contributed by atoms with van der Waals surface area (Å²) in [5.41, 5.74) is 3.36. The van der Waals surface area contributed by atoms with Gasteiger partial charge in [-0.1, -0.05) is 6.92 Å². The molecule has 2 nitrogen and oxygen atoms in total. The molecule has 2 heteroatoms. The largest absolute Gasteiger partial charge is 0.374 e. The summed E-state index contributed by atoms with van der Waals surface area (Å²) < 4.78 is 0. The van der Waals surface area contributed by atoms with Crippen molar-refractivity contribution < 1.29 is 4.79 Å². The lowest BCUT2D eigenvalue weighted by Gasteiger charge is -2.31. The number of carbonyl (C=O) groups is 1. The standard InChI is InChI=1S/C12H15NO/c1-9-5-6-13(2)12-4-3-10(8-14)7-11(9)12/h3-4,7-9H,5-6H2,1-2H3. The predicted octanol–water partition coefficient (Wildman–Crippen LogP) is 2.44. The van der Waals surface area contributed by atoms with E-state index in [-0.39, 0.29) is 0 Å². The third-order valence-corrected chi connectivity index (χ3v) is 3.03. The number of hydrogen-bond donors (Lipinski definition) is 0. The molecule has 0 bridgehead atoms. The molecule has 74 valence electrons. The summed E-state index contributed by atoms with van der Waals surface area (Å²) in [6, 6.07) is 5.96. The summed E-state index contributed by atoms with van der Waals surface area (Å²) in [7, 11) is 2.10. The highest BCUT2D eigenvalue weighted by Crippen LogP contribution is 2.34. The van der Waals surface area contributed by atoms with Gasteiger partial charge in [-0.15, -0.1) is 0 Å². The van der Waals surface area contributed by atoms with Gasteiger partial charge in [0.1, 0.15) is 6.29 Å². The van der Waals surface area contributed by atoms with E-state index < -0.39 is 0 Å². The number of nitrogens with zero attached hydrogens (tertiary/aromatic N) is 1. The highest BCUT2D eigenvalue weighted by molar-refractivity contribution is 5.77. The van der Waals surface area contributed by atoms with Crippen molar-refractivity contribution in [2.75, 3.05) is 18.5 Å². The molecule has 1 aliphatic heterocycles. The van der Waals surface area contributed by atoms with E-state index in [1.807, 2.05) is 12.1 Å². The van der Waals surface area contributed by atoms with Crippen molar-refractivity contribution >= 4 is 12.0 Å². The fourth-order valence-corrected chi connectivity index (χ4v) is 2.05. The van der Waals surface area contributed by atoms with Crippen LogP contribution in [0.15, 0.2) is 18.2 Å². The van der Waals surface area contributed by atoms with E-state index in [9.17, 15) is 4.79 Å². The van der Waals surface area contributed by atoms with E-state index in [1.165, 1.54) is 17.7 Å². The molecular weight excluding hydrogens is 174 g/mol. The van der Waals surface area contributed by atoms with Gasteiger partial charge < -0.3 is 4.90 Å². The second-order valence-electron chi connectivity index (χ2n) is 4.05. The molecule has 0 saturated heterocycles. The molecule has 0 radical (unpaired) electrons. The Morgan fingerprint density at radius 3 is 3.00 bits per heavy atom. The quantitative estimate of drug-likeness (QED) is 0.632. The maximum absolute atomic E-state index is 10.7. The van der Waals surface area contributed by atoms with Crippen LogP contribution in [-0.2, 0) is 0 Å². The van der Waals surface area contributed by atoms with Crippen LogP contribution in [0.4, 0.5) is 5.69 Å². The summed E-state index contributed by atoms with van der Waals surface area (Å²) >= 11 is 0. The minimum atomic E-state index is 0.570. The van der Waals surface area contributed by atoms with Crippen LogP contribution < -0.4 is 4.90 Å². The topological polar surface area (TPSA) is 20.3 Å². The molecule has 1 aromatic rings. The van der Waals surface area contributed by atoms with E-state index in [0.717, 1.165) is 18.4 Å². The molecule has 1 heterocycles. The molecule has 0 aromatic heterocycles. The Labute approximate surface area is 84.5 Å². The van der Waals surface area contributed by atoms with Crippen LogP contribution in [0.1, 0.15) is 35.2 Å². The molecule has 0 aliphatic carbocycles. The summed E-state index contributed by atoms with van der Waals surface area (Å²) in [6.45, 7) is 3.33. The first-order chi connectivity index (χ1) is 6.72. The van der Waals surface area contributed by atoms with Crippen LogP contribution in [0, 0.1) is 0 Å². The Hall–Kier alpha value is -1.31. The van der Waals surface area contributed by atoms with Crippen molar-refractivity contribution in [3.05, 3.63) is 29.3 Å². The van der Waals surface area contributed by atoms with Crippen molar-refractivity contribution in [2.24, 2.45) is 0 Å². The van der Waals surface area contributed by atoms with E-state index >= 15 is 0 Å². The Morgan fingerprint density at radius 2 is 2.29 bits per heavy atom. The van der Waals surface area contributed by atoms with Crippen LogP contribution in [-0.4, -0.2) is 19.9 Å². The number of aldehydes is 1. The monoisotopic (exact) mass is 189 g/mol. The number of fused-ring (bicyclic) bond motifs is 1. The van der Waals surface area contributed by atoms with Gasteiger partial charge in [-0.05, 0) is 36.1 Å². The lowest BCUT2D eigenvalue weighted by Crippen LogP contribution is -2.26. The number of carbonyl (C=O) groups excluding carboxylic acids is 1. The second kappa shape index (κ2) is 3.45. The Balaban J connectivity index is 2.50. The van der Waals surface area contributed by atoms with Crippen molar-refractivity contribution in [2.45, 2.75) is 19.3 Å². The van der Waals surface area contributed by atoms with Crippen LogP contribution in [0.25, 0.3) is 0 Å². The molecule has 14 heavy (non-hydrogen) atoms. The zero-order valence-corrected chi connectivity index (χ0v) is 8.66. The first-order valence-corrected chi connectivity index (χ1v) is 5.02. The van der Waals surface area contributed by atoms with Gasteiger partial charge in [0.15, 0.2) is 0 Å². The van der Waals surface area contributed by atoms with Crippen molar-refractivity contribution in [3.8, 4) is 0 Å². The summed E-state index contributed by atoms with van der Waals surface area (Å²) in [5, 5.41) is 0. The van der Waals surface area contributed by atoms with Gasteiger partial charge in [0.2, 0.25) is 0 Å². The van der Waals surface area contributed by atoms with Crippen LogP contribution in [0.2, 0.25) is 0 Å². The molecule has 1 aliphatic rings. The molecule has 1 unspecified atom stereocenters. The van der Waals surface area contributed by atoms with Gasteiger partial charge in [0.25, 0.3) is 0 Å². The minimum Gasteiger partial charge on any atom is -0.374 e. The summed E-state index contributed by atoms with van der Waals surface area (Å²) in [5.74, 6) is 0.570. The first-order valence-electron chi connectivity index (χ1n) is 5.02. The number of hydrogen-bond acceptors (Lipinski definition) is 2. The van der Waals surface area contributed by atoms with Crippen molar-refractivity contribution in [3.63, 3.8) is 0 Å². The number of anilines is 1. The Kier molecular flexibility index (Phi) is 2.28. The maximum Gasteiger partial charge on any atom is 0.150 e. The van der Waals surface area contributed by atoms with Gasteiger partial charge in [-0.25, -0.2) is 0 Å². The second-order valence-corrected chi connectivity index (χ2v) is 4.05. The third-order valence-electron chi connectivity index (χ3n) is 3.03. The van der Waals surface area contributed by atoms with Crippen LogP contribution in [0.5, 0.6) is 0 Å². The van der Waals surface area contributed by atoms with Gasteiger partial charge in [0.05, 0.1) is 0 Å². The van der Waals surface area contributed by atoms with Gasteiger partial charge >= 0.3 is 0 Å². The molecule has 2 rings (SSSR count). The Bertz CT molecular complexity index is 359. The smallest absolute Gasteiger partial charge is 0.150 e. The third kappa shape index (κ3) is 1.41. The molecule has 1 aromatic carbocycles. The molecule has 0 fully saturated rings. The summed E-state index contributed by atoms with van der Waals surface area (Å²) in [6.07, 6.45) is 2.09. The summed E-state index contributed by atoms with van der Waals surface area (Å²) in [4.78, 5) is 12.9. The van der Waals surface area contributed by atoms with E-state index in [1.54, 1.807) is 0 Å². The lowest BCUT2D eigenvalue weighted by atomic mass is 9.90.